The van der Waals surface area contributed by atoms with E-state index < -0.39 is 5.97 Å². The smallest absolute Gasteiger partial charge is 0.303 e. The molecule has 0 aliphatic heterocycles. The molecule has 0 heterocycles. The van der Waals surface area contributed by atoms with Gasteiger partial charge in [-0.05, 0) is 54.5 Å². The largest absolute Gasteiger partial charge is 0.481 e. The fourth-order valence-electron chi connectivity index (χ4n) is 3.85. The molecule has 0 bridgehead atoms. The summed E-state index contributed by atoms with van der Waals surface area (Å²) in [4.78, 5) is 34.2. The molecular weight excluding hydrogens is 387 g/mol. The maximum atomic E-state index is 12.4. The molecule has 1 fully saturated rings. The summed E-state index contributed by atoms with van der Waals surface area (Å²) in [6.07, 6.45) is 7.69. The minimum absolute atomic E-state index is 0.0274. The quantitative estimate of drug-likeness (QED) is 0.309. The van der Waals surface area contributed by atoms with Gasteiger partial charge in [-0.15, -0.1) is 0 Å². The Labute approximate surface area is 169 Å². The lowest BCUT2D eigenvalue weighted by Gasteiger charge is -2.22. The summed E-state index contributed by atoms with van der Waals surface area (Å²) in [6, 6.07) is 5.17. The van der Waals surface area contributed by atoms with Gasteiger partial charge < -0.3 is 5.11 Å². The Kier molecular flexibility index (Phi) is 8.52. The molecule has 27 heavy (non-hydrogen) atoms. The van der Waals surface area contributed by atoms with Crippen molar-refractivity contribution in [2.24, 2.45) is 11.8 Å². The van der Waals surface area contributed by atoms with Gasteiger partial charge in [0.15, 0.2) is 0 Å². The van der Waals surface area contributed by atoms with Crippen molar-refractivity contribution in [3.8, 4) is 0 Å². The van der Waals surface area contributed by atoms with E-state index in [1.54, 1.807) is 18.2 Å². The third-order valence-electron chi connectivity index (χ3n) is 5.15. The summed E-state index contributed by atoms with van der Waals surface area (Å²) in [5, 5.41) is 9.67. The summed E-state index contributed by atoms with van der Waals surface area (Å²) in [6.45, 7) is 0. The zero-order chi connectivity index (χ0) is 19.8. The molecule has 4 nitrogen and oxygen atoms in total. The Balaban J connectivity index is 2.06. The van der Waals surface area contributed by atoms with Crippen molar-refractivity contribution >= 4 is 46.8 Å². The number of carboxylic acid groups (broad SMARTS) is 1. The highest BCUT2D eigenvalue weighted by Gasteiger charge is 2.37. The maximum Gasteiger partial charge on any atom is 0.303 e. The first kappa shape index (κ1) is 21.6. The van der Waals surface area contributed by atoms with Crippen LogP contribution in [0.1, 0.15) is 56.9 Å². The lowest BCUT2D eigenvalue weighted by Crippen LogP contribution is -2.16. The zero-order valence-electron chi connectivity index (χ0n) is 15.1. The van der Waals surface area contributed by atoms with E-state index in [2.05, 4.69) is 0 Å². The summed E-state index contributed by atoms with van der Waals surface area (Å²) in [5.41, 5.74) is 1.55. The monoisotopic (exact) mass is 410 g/mol. The minimum atomic E-state index is -0.774. The number of allylic oxidation sites excluding steroid dienone is 2. The minimum Gasteiger partial charge on any atom is -0.481 e. The van der Waals surface area contributed by atoms with Crippen LogP contribution in [-0.2, 0) is 14.4 Å². The second-order valence-electron chi connectivity index (χ2n) is 6.95. The second-order valence-corrected chi connectivity index (χ2v) is 7.79. The number of aliphatic carboxylic acids is 1. The van der Waals surface area contributed by atoms with Crippen LogP contribution in [0.2, 0.25) is 10.0 Å². The number of hydrogen-bond acceptors (Lipinski definition) is 3. The molecule has 0 radical (unpaired) electrons. The molecule has 6 heteroatoms. The van der Waals surface area contributed by atoms with Crippen LogP contribution in [0.3, 0.4) is 0 Å². The number of carbonyl (C=O) groups is 3. The Morgan fingerprint density at radius 3 is 2.59 bits per heavy atom. The highest BCUT2D eigenvalue weighted by molar-refractivity contribution is 6.35. The molecule has 2 atom stereocenters. The first-order chi connectivity index (χ1) is 12.9. The molecule has 146 valence electrons. The third kappa shape index (κ3) is 6.18. The number of hydrogen-bond donors (Lipinski definition) is 1. The highest BCUT2D eigenvalue weighted by atomic mass is 35.5. The lowest BCUT2D eigenvalue weighted by molar-refractivity contribution is -0.137. The SMILES string of the molecule is O=CC=C(c1ccc(Cl)cc1Cl)[C@@H]1CCC(=O)[C@H]1CCCCCCC(=O)O. The summed E-state index contributed by atoms with van der Waals surface area (Å²) in [5.74, 6) is -0.695. The Morgan fingerprint density at radius 1 is 1.19 bits per heavy atom. The van der Waals surface area contributed by atoms with E-state index in [4.69, 9.17) is 28.3 Å². The number of Topliss-reactive ketones (excluding diaryl/α,β-unsaturated/α-hetero) is 1. The van der Waals surface area contributed by atoms with Gasteiger partial charge in [-0.3, -0.25) is 14.4 Å². The predicted molar refractivity (Wildman–Crippen MR) is 107 cm³/mol. The van der Waals surface area contributed by atoms with Crippen molar-refractivity contribution < 1.29 is 19.5 Å². The van der Waals surface area contributed by atoms with Crippen LogP contribution in [0.25, 0.3) is 5.57 Å². The maximum absolute atomic E-state index is 12.4. The van der Waals surface area contributed by atoms with Gasteiger partial charge in [-0.25, -0.2) is 0 Å². The van der Waals surface area contributed by atoms with Crippen LogP contribution in [0.15, 0.2) is 24.3 Å². The summed E-state index contributed by atoms with van der Waals surface area (Å²) < 4.78 is 0. The highest BCUT2D eigenvalue weighted by Crippen LogP contribution is 2.43. The molecule has 1 aliphatic carbocycles. The van der Waals surface area contributed by atoms with Gasteiger partial charge in [-0.1, -0.05) is 48.5 Å². The van der Waals surface area contributed by atoms with Gasteiger partial charge in [0.1, 0.15) is 12.1 Å². The third-order valence-corrected chi connectivity index (χ3v) is 5.69. The number of carbonyl (C=O) groups excluding carboxylic acids is 2. The molecule has 1 saturated carbocycles. The number of halogens is 2. The van der Waals surface area contributed by atoms with Crippen molar-refractivity contribution in [1.82, 2.24) is 0 Å². The van der Waals surface area contributed by atoms with Gasteiger partial charge in [0, 0.05) is 28.8 Å². The molecule has 0 aromatic heterocycles. The van der Waals surface area contributed by atoms with E-state index in [0.29, 0.717) is 29.3 Å². The van der Waals surface area contributed by atoms with E-state index in [1.807, 2.05) is 0 Å². The fraction of sp³-hybridized carbons (Fsp3) is 0.476. The number of rotatable bonds is 10. The van der Waals surface area contributed by atoms with Crippen molar-refractivity contribution in [1.29, 1.82) is 0 Å². The van der Waals surface area contributed by atoms with Crippen LogP contribution in [-0.4, -0.2) is 23.1 Å². The second kappa shape index (κ2) is 10.6. The molecule has 1 N–H and O–H groups in total. The molecule has 1 aromatic carbocycles. The molecular formula is C21H24Cl2O4. The van der Waals surface area contributed by atoms with Gasteiger partial charge in [0.25, 0.3) is 0 Å². The normalized spacial score (nSPS) is 20.1. The lowest BCUT2D eigenvalue weighted by atomic mass is 9.81. The Morgan fingerprint density at radius 2 is 1.93 bits per heavy atom. The standard InChI is InChI=1S/C21H24Cl2O4/c22-14-7-8-17(19(23)13-14)16(11-12-24)15-9-10-20(25)18(15)5-3-1-2-4-6-21(26)27/h7-8,11-13,15,18H,1-6,9-10H2,(H,26,27)/t15-,18-/m0/s1. The number of aldehydes is 1. The van der Waals surface area contributed by atoms with E-state index in [1.165, 1.54) is 6.08 Å². The molecule has 1 aliphatic rings. The van der Waals surface area contributed by atoms with E-state index in [-0.39, 0.29) is 24.0 Å². The molecule has 0 amide bonds. The average molecular weight is 411 g/mol. The van der Waals surface area contributed by atoms with Crippen LogP contribution in [0.4, 0.5) is 0 Å². The average Bonchev–Trinajstić information content (AvgIpc) is 2.97. The van der Waals surface area contributed by atoms with Crippen molar-refractivity contribution in [3.05, 3.63) is 39.9 Å². The van der Waals surface area contributed by atoms with Crippen LogP contribution >= 0.6 is 23.2 Å². The van der Waals surface area contributed by atoms with E-state index in [9.17, 15) is 14.4 Å². The molecule has 0 saturated heterocycles. The van der Waals surface area contributed by atoms with Crippen molar-refractivity contribution in [2.45, 2.75) is 51.4 Å². The van der Waals surface area contributed by atoms with Crippen LogP contribution < -0.4 is 0 Å². The summed E-state index contributed by atoms with van der Waals surface area (Å²) >= 11 is 12.3. The predicted octanol–water partition coefficient (Wildman–Crippen LogP) is 5.60. The zero-order valence-corrected chi connectivity index (χ0v) is 16.6. The van der Waals surface area contributed by atoms with Gasteiger partial charge in [0.2, 0.25) is 0 Å². The first-order valence-electron chi connectivity index (χ1n) is 9.29. The topological polar surface area (TPSA) is 71.4 Å². The fourth-order valence-corrected chi connectivity index (χ4v) is 4.36. The van der Waals surface area contributed by atoms with Crippen LogP contribution in [0, 0.1) is 11.8 Å². The van der Waals surface area contributed by atoms with Gasteiger partial charge >= 0.3 is 5.97 Å². The van der Waals surface area contributed by atoms with Crippen molar-refractivity contribution in [3.63, 3.8) is 0 Å². The Hall–Kier alpha value is -1.65. The molecule has 2 rings (SSSR count). The Bertz CT molecular complexity index is 727. The number of ketones is 1. The number of carboxylic acids is 1. The van der Waals surface area contributed by atoms with Crippen molar-refractivity contribution in [2.75, 3.05) is 0 Å². The first-order valence-corrected chi connectivity index (χ1v) is 10.0. The van der Waals surface area contributed by atoms with E-state index >= 15 is 0 Å². The molecule has 0 spiro atoms. The van der Waals surface area contributed by atoms with E-state index in [0.717, 1.165) is 43.1 Å². The number of benzene rings is 1. The van der Waals surface area contributed by atoms with Gasteiger partial charge in [0.05, 0.1) is 0 Å². The molecule has 0 unspecified atom stereocenters. The van der Waals surface area contributed by atoms with Gasteiger partial charge in [-0.2, -0.15) is 0 Å². The molecule has 1 aromatic rings. The number of unbranched alkanes of at least 4 members (excludes halogenated alkanes) is 3. The van der Waals surface area contributed by atoms with Crippen LogP contribution in [0.5, 0.6) is 0 Å². The summed E-state index contributed by atoms with van der Waals surface area (Å²) in [7, 11) is 0.